The fraction of sp³-hybridized carbons (Fsp3) is 0.658. The number of aliphatic hydroxyl groups is 1. The summed E-state index contributed by atoms with van der Waals surface area (Å²) >= 11 is 3.38. The summed E-state index contributed by atoms with van der Waals surface area (Å²) in [5, 5.41) is 24.9. The number of carbonyl (C=O) groups excluding carboxylic acids is 5. The van der Waals surface area contributed by atoms with Gasteiger partial charge in [0.25, 0.3) is 11.8 Å². The first kappa shape index (κ1) is 43.1. The molecule has 2 unspecified atom stereocenters. The molecule has 6 N–H and O–H groups in total. The summed E-state index contributed by atoms with van der Waals surface area (Å²) < 4.78 is 30.6. The molecule has 3 atom stereocenters. The molecule has 1 saturated carbocycles. The predicted molar refractivity (Wildman–Crippen MR) is 216 cm³/mol. The molecular weight excluding hydrogens is 793 g/mol. The van der Waals surface area contributed by atoms with Gasteiger partial charge in [0.2, 0.25) is 27.6 Å². The topological polar surface area (TPSA) is 236 Å². The van der Waals surface area contributed by atoms with Crippen LogP contribution in [-0.4, -0.2) is 116 Å². The molecule has 0 spiro atoms. The second kappa shape index (κ2) is 18.2. The number of hydrogen-bond acceptors (Lipinski definition) is 12. The molecule has 4 amide bonds. The van der Waals surface area contributed by atoms with Crippen molar-refractivity contribution in [2.45, 2.75) is 125 Å². The molecule has 1 aromatic heterocycles. The van der Waals surface area contributed by atoms with Crippen molar-refractivity contribution in [3.8, 4) is 0 Å². The van der Waals surface area contributed by atoms with Crippen molar-refractivity contribution >= 4 is 63.0 Å². The number of thioether (sulfide) groups is 2. The minimum absolute atomic E-state index is 0.0216. The van der Waals surface area contributed by atoms with Gasteiger partial charge in [-0.3, -0.25) is 24.0 Å². The Kier molecular flexibility index (Phi) is 13.7. The van der Waals surface area contributed by atoms with E-state index in [0.29, 0.717) is 23.6 Å². The van der Waals surface area contributed by atoms with E-state index in [1.165, 1.54) is 40.0 Å². The lowest BCUT2D eigenvalue weighted by Crippen LogP contribution is -2.63. The Morgan fingerprint density at radius 2 is 1.63 bits per heavy atom. The zero-order chi connectivity index (χ0) is 41.0. The molecule has 1 aromatic carbocycles. The number of likely N-dealkylation sites (tertiary alicyclic amines) is 1. The van der Waals surface area contributed by atoms with Crippen LogP contribution < -0.4 is 21.1 Å². The van der Waals surface area contributed by atoms with E-state index < -0.39 is 68.7 Å². The van der Waals surface area contributed by atoms with Gasteiger partial charge in [-0.2, -0.15) is 23.5 Å². The maximum absolute atomic E-state index is 14.9. The van der Waals surface area contributed by atoms with Gasteiger partial charge in [0.15, 0.2) is 0 Å². The van der Waals surface area contributed by atoms with Crippen LogP contribution in [-0.2, 0) is 34.8 Å². The van der Waals surface area contributed by atoms with Crippen molar-refractivity contribution in [3.63, 3.8) is 0 Å². The third-order valence-electron chi connectivity index (χ3n) is 11.6. The van der Waals surface area contributed by atoms with Crippen molar-refractivity contribution in [2.75, 3.05) is 29.6 Å². The van der Waals surface area contributed by atoms with Crippen molar-refractivity contribution in [1.29, 1.82) is 0 Å². The van der Waals surface area contributed by atoms with Gasteiger partial charge >= 0.3 is 0 Å². The lowest BCUT2D eigenvalue weighted by Gasteiger charge is -2.37. The zero-order valence-corrected chi connectivity index (χ0v) is 34.9. The van der Waals surface area contributed by atoms with Gasteiger partial charge < -0.3 is 26.4 Å². The summed E-state index contributed by atoms with van der Waals surface area (Å²) in [6.07, 6.45) is 8.45. The van der Waals surface area contributed by atoms with Gasteiger partial charge in [0.1, 0.15) is 23.2 Å². The van der Waals surface area contributed by atoms with E-state index in [4.69, 9.17) is 5.73 Å². The van der Waals surface area contributed by atoms with Crippen LogP contribution in [0.1, 0.15) is 107 Å². The number of amides is 4. The summed E-state index contributed by atoms with van der Waals surface area (Å²) in [6.45, 7) is 3.13. The molecular formula is C38H54N8O8S3. The molecule has 57 heavy (non-hydrogen) atoms. The fourth-order valence-corrected chi connectivity index (χ4v) is 12.0. The number of rotatable bonds is 14. The summed E-state index contributed by atoms with van der Waals surface area (Å²) in [4.78, 5) is 70.0. The Morgan fingerprint density at radius 1 is 0.982 bits per heavy atom. The number of carbonyl (C=O) groups is 5. The minimum Gasteiger partial charge on any atom is -0.384 e. The number of hydrogen-bond donors (Lipinski definition) is 5. The quantitative estimate of drug-likeness (QED) is 0.172. The molecule has 3 saturated heterocycles. The number of nitrogens with two attached hydrogens (primary N) is 1. The number of sulfonamides is 1. The van der Waals surface area contributed by atoms with Crippen molar-refractivity contribution in [2.24, 2.45) is 11.7 Å². The summed E-state index contributed by atoms with van der Waals surface area (Å²) in [5.41, 5.74) is 3.12. The van der Waals surface area contributed by atoms with Gasteiger partial charge in [0.05, 0.1) is 22.8 Å². The van der Waals surface area contributed by atoms with E-state index in [2.05, 4.69) is 25.7 Å². The Morgan fingerprint density at radius 3 is 2.26 bits per heavy atom. The Balaban J connectivity index is 1.28. The third kappa shape index (κ3) is 10.2. The Hall–Kier alpha value is -3.52. The van der Waals surface area contributed by atoms with E-state index in [1.54, 1.807) is 37.4 Å². The van der Waals surface area contributed by atoms with Crippen molar-refractivity contribution in [1.82, 2.24) is 35.2 Å². The molecule has 4 aliphatic rings. The molecule has 1 aliphatic carbocycles. The van der Waals surface area contributed by atoms with E-state index in [-0.39, 0.29) is 48.2 Å². The van der Waals surface area contributed by atoms with Crippen LogP contribution in [0.15, 0.2) is 35.4 Å². The van der Waals surface area contributed by atoms with Gasteiger partial charge in [-0.1, -0.05) is 37.3 Å². The van der Waals surface area contributed by atoms with Crippen LogP contribution in [0.5, 0.6) is 0 Å². The molecule has 0 radical (unpaired) electrons. The lowest BCUT2D eigenvalue weighted by molar-refractivity contribution is -0.145. The van der Waals surface area contributed by atoms with Crippen molar-refractivity contribution < 1.29 is 37.5 Å². The average molecular weight is 847 g/mol. The number of Topliss-reactive ketones (excluding diaryl/α,β-unsaturated/α-hetero) is 1. The van der Waals surface area contributed by atoms with E-state index in [0.717, 1.165) is 56.5 Å². The highest BCUT2D eigenvalue weighted by Gasteiger charge is 2.49. The Bertz CT molecular complexity index is 1900. The number of primary amides is 1. The highest BCUT2D eigenvalue weighted by molar-refractivity contribution is 7.99. The lowest BCUT2D eigenvalue weighted by atomic mass is 9.84. The molecule has 16 nitrogen and oxygen atoms in total. The standard InChI is InChI=1S/C38H54N8O8S3/c1-37(2,52)31-22-40-44-46(31)27-21-30(35(50)42-38(32(47)33(39)48)14-18-56-19-15-38)45(23-27)36(51)29(20-24-6-4-3-5-7-24)41-34(49)25-8-10-28(11-9-25)57(53,54)43-26-12-16-55-17-13-26/h8-11,22,24,26-27,29-30,43,52H,3-7,12-21,23H2,1-2H3,(H2,39,48)(H,41,49)(H,42,50)/t27?,29-,30?/m1/s1. The first-order valence-electron chi connectivity index (χ1n) is 19.8. The molecule has 4 fully saturated rings. The van der Waals surface area contributed by atoms with Gasteiger partial charge in [-0.15, -0.1) is 5.10 Å². The van der Waals surface area contributed by atoms with Crippen LogP contribution in [0.4, 0.5) is 0 Å². The van der Waals surface area contributed by atoms with Crippen molar-refractivity contribution in [3.05, 3.63) is 41.7 Å². The second-order valence-electron chi connectivity index (χ2n) is 16.2. The molecule has 2 aromatic rings. The zero-order valence-electron chi connectivity index (χ0n) is 32.5. The van der Waals surface area contributed by atoms with E-state index >= 15 is 0 Å². The maximum Gasteiger partial charge on any atom is 0.287 e. The fourth-order valence-electron chi connectivity index (χ4n) is 8.43. The number of aromatic nitrogens is 3. The van der Waals surface area contributed by atoms with E-state index in [1.807, 2.05) is 0 Å². The van der Waals surface area contributed by atoms with Crippen LogP contribution in [0, 0.1) is 5.92 Å². The van der Waals surface area contributed by atoms with Crippen LogP contribution in [0.3, 0.4) is 0 Å². The first-order chi connectivity index (χ1) is 27.1. The molecule has 312 valence electrons. The normalized spacial score (nSPS) is 22.8. The third-order valence-corrected chi connectivity index (χ3v) is 15.2. The molecule has 4 heterocycles. The number of ketones is 1. The monoisotopic (exact) mass is 846 g/mol. The largest absolute Gasteiger partial charge is 0.384 e. The van der Waals surface area contributed by atoms with Crippen LogP contribution >= 0.6 is 23.5 Å². The highest BCUT2D eigenvalue weighted by atomic mass is 32.2. The number of nitrogens with one attached hydrogen (secondary N) is 3. The maximum atomic E-state index is 14.9. The average Bonchev–Trinajstić information content (AvgIpc) is 3.87. The summed E-state index contributed by atoms with van der Waals surface area (Å²) in [6, 6.07) is 2.65. The number of benzene rings is 1. The Labute approximate surface area is 342 Å². The SMILES string of the molecule is CC(C)(O)c1cnnn1C1CC(C(=O)NC2(C(=O)C(N)=O)CCSCC2)N(C(=O)[C@@H](CC2CCCCC2)NC(=O)c2ccc(S(=O)(=O)NC3CCSCC3)cc2)C1. The number of nitrogens with zero attached hydrogens (tertiary/aromatic N) is 4. The van der Waals surface area contributed by atoms with Crippen LogP contribution in [0.25, 0.3) is 0 Å². The molecule has 19 heteroatoms. The summed E-state index contributed by atoms with van der Waals surface area (Å²) in [5.74, 6) is -0.850. The smallest absolute Gasteiger partial charge is 0.287 e. The summed E-state index contributed by atoms with van der Waals surface area (Å²) in [7, 11) is -3.81. The first-order valence-corrected chi connectivity index (χ1v) is 23.6. The molecule has 6 rings (SSSR count). The molecule has 3 aliphatic heterocycles. The van der Waals surface area contributed by atoms with Gasteiger partial charge in [0, 0.05) is 24.6 Å². The second-order valence-corrected chi connectivity index (χ2v) is 20.4. The van der Waals surface area contributed by atoms with Crippen LogP contribution in [0.2, 0.25) is 0 Å². The predicted octanol–water partition coefficient (Wildman–Crippen LogP) is 2.03. The van der Waals surface area contributed by atoms with Gasteiger partial charge in [-0.05, 0) is 99.1 Å². The van der Waals surface area contributed by atoms with E-state index in [9.17, 15) is 37.5 Å². The minimum atomic E-state index is -3.81. The van der Waals surface area contributed by atoms with Gasteiger partial charge in [-0.25, -0.2) is 17.8 Å². The molecule has 0 bridgehead atoms. The highest BCUT2D eigenvalue weighted by Crippen LogP contribution is 2.35.